The number of halogens is 1. The van der Waals surface area contributed by atoms with Gasteiger partial charge in [0.05, 0.1) is 20.4 Å². The van der Waals surface area contributed by atoms with Gasteiger partial charge in [0.2, 0.25) is 4.77 Å². The number of methoxy groups -OCH3 is 2. The van der Waals surface area contributed by atoms with Crippen LogP contribution in [0.3, 0.4) is 0 Å². The molecular formula is C17H15FN4O2S. The van der Waals surface area contributed by atoms with Gasteiger partial charge in [-0.05, 0) is 60.2 Å². The van der Waals surface area contributed by atoms with E-state index in [0.717, 1.165) is 5.56 Å². The molecule has 0 fully saturated rings. The number of aromatic amines is 1. The number of benzene rings is 2. The van der Waals surface area contributed by atoms with Crippen LogP contribution < -0.4 is 9.47 Å². The number of nitrogens with zero attached hydrogens (tertiary/aromatic N) is 3. The Morgan fingerprint density at radius 1 is 1.12 bits per heavy atom. The minimum absolute atomic E-state index is 0.321. The van der Waals surface area contributed by atoms with E-state index in [-0.39, 0.29) is 5.82 Å². The molecule has 1 N–H and O–H groups in total. The van der Waals surface area contributed by atoms with Crippen LogP contribution in [-0.2, 0) is 0 Å². The minimum Gasteiger partial charge on any atom is -0.493 e. The van der Waals surface area contributed by atoms with Crippen LogP contribution in [0.2, 0.25) is 0 Å². The SMILES string of the molecule is COc1ccc(C=Nn2c(-c3ccc(F)cc3)n[nH]c2=S)cc1OC. The van der Waals surface area contributed by atoms with E-state index >= 15 is 0 Å². The Bertz CT molecular complexity index is 964. The standard InChI is InChI=1S/C17H15FN4O2S/c1-23-14-8-3-11(9-15(14)24-2)10-19-22-16(20-21-17(22)25)12-4-6-13(18)7-5-12/h3-10H,1-2H3,(H,21,25). The summed E-state index contributed by atoms with van der Waals surface area (Å²) < 4.78 is 25.4. The van der Waals surface area contributed by atoms with E-state index in [0.29, 0.717) is 27.7 Å². The predicted molar refractivity (Wildman–Crippen MR) is 95.3 cm³/mol. The van der Waals surface area contributed by atoms with E-state index in [4.69, 9.17) is 21.7 Å². The summed E-state index contributed by atoms with van der Waals surface area (Å²) >= 11 is 5.21. The lowest BCUT2D eigenvalue weighted by Crippen LogP contribution is -1.96. The van der Waals surface area contributed by atoms with Crippen molar-refractivity contribution in [1.82, 2.24) is 14.9 Å². The summed E-state index contributed by atoms with van der Waals surface area (Å²) in [5.74, 6) is 1.40. The zero-order chi connectivity index (χ0) is 17.8. The number of aromatic nitrogens is 3. The second-order valence-corrected chi connectivity index (χ2v) is 5.42. The van der Waals surface area contributed by atoms with Gasteiger partial charge in [-0.25, -0.2) is 9.49 Å². The van der Waals surface area contributed by atoms with Crippen molar-refractivity contribution in [1.29, 1.82) is 0 Å². The highest BCUT2D eigenvalue weighted by atomic mass is 32.1. The molecule has 1 heterocycles. The van der Waals surface area contributed by atoms with E-state index < -0.39 is 0 Å². The van der Waals surface area contributed by atoms with Gasteiger partial charge in [0.25, 0.3) is 0 Å². The first-order valence-electron chi connectivity index (χ1n) is 7.32. The molecule has 0 spiro atoms. The Hall–Kier alpha value is -3.00. The quantitative estimate of drug-likeness (QED) is 0.559. The molecule has 3 aromatic rings. The summed E-state index contributed by atoms with van der Waals surface area (Å²) in [7, 11) is 3.14. The number of rotatable bonds is 5. The molecule has 25 heavy (non-hydrogen) atoms. The van der Waals surface area contributed by atoms with E-state index in [1.54, 1.807) is 44.7 Å². The molecule has 0 unspecified atom stereocenters. The van der Waals surface area contributed by atoms with Crippen molar-refractivity contribution in [3.63, 3.8) is 0 Å². The van der Waals surface area contributed by atoms with E-state index in [9.17, 15) is 4.39 Å². The Morgan fingerprint density at radius 2 is 1.84 bits per heavy atom. The van der Waals surface area contributed by atoms with Crippen molar-refractivity contribution in [2.24, 2.45) is 5.10 Å². The third-order valence-corrected chi connectivity index (χ3v) is 3.75. The first-order chi connectivity index (χ1) is 12.1. The van der Waals surface area contributed by atoms with Crippen molar-refractivity contribution in [2.45, 2.75) is 0 Å². The van der Waals surface area contributed by atoms with E-state index in [2.05, 4.69) is 15.3 Å². The zero-order valence-electron chi connectivity index (χ0n) is 13.6. The highest BCUT2D eigenvalue weighted by molar-refractivity contribution is 7.71. The second kappa shape index (κ2) is 7.27. The molecule has 0 aliphatic heterocycles. The summed E-state index contributed by atoms with van der Waals surface area (Å²) in [4.78, 5) is 0. The Kier molecular flexibility index (Phi) is 4.90. The third-order valence-electron chi connectivity index (χ3n) is 3.48. The van der Waals surface area contributed by atoms with Crippen LogP contribution in [0.25, 0.3) is 11.4 Å². The maximum absolute atomic E-state index is 13.1. The largest absolute Gasteiger partial charge is 0.493 e. The molecule has 6 nitrogen and oxygen atoms in total. The van der Waals surface area contributed by atoms with E-state index in [1.807, 2.05) is 6.07 Å². The fourth-order valence-electron chi connectivity index (χ4n) is 2.24. The molecular weight excluding hydrogens is 343 g/mol. The van der Waals surface area contributed by atoms with Gasteiger partial charge in [0.15, 0.2) is 17.3 Å². The summed E-state index contributed by atoms with van der Waals surface area (Å²) in [6.07, 6.45) is 1.63. The third kappa shape index (κ3) is 3.58. The Labute approximate surface area is 148 Å². The van der Waals surface area contributed by atoms with Gasteiger partial charge >= 0.3 is 0 Å². The van der Waals surface area contributed by atoms with Crippen molar-refractivity contribution in [3.05, 3.63) is 58.6 Å². The zero-order valence-corrected chi connectivity index (χ0v) is 14.4. The molecule has 0 aliphatic rings. The van der Waals surface area contributed by atoms with Crippen LogP contribution in [0.15, 0.2) is 47.6 Å². The van der Waals surface area contributed by atoms with Gasteiger partial charge < -0.3 is 9.47 Å². The van der Waals surface area contributed by atoms with Gasteiger partial charge in [-0.15, -0.1) is 0 Å². The van der Waals surface area contributed by atoms with Crippen molar-refractivity contribution in [3.8, 4) is 22.9 Å². The number of hydrogen-bond donors (Lipinski definition) is 1. The van der Waals surface area contributed by atoms with Gasteiger partial charge in [0, 0.05) is 5.56 Å². The molecule has 1 aromatic heterocycles. The fourth-order valence-corrected chi connectivity index (χ4v) is 2.42. The molecule has 0 bridgehead atoms. The van der Waals surface area contributed by atoms with Crippen LogP contribution in [0.1, 0.15) is 5.56 Å². The van der Waals surface area contributed by atoms with Crippen molar-refractivity contribution < 1.29 is 13.9 Å². The fraction of sp³-hybridized carbons (Fsp3) is 0.118. The van der Waals surface area contributed by atoms with Crippen LogP contribution >= 0.6 is 12.2 Å². The predicted octanol–water partition coefficient (Wildman–Crippen LogP) is 3.65. The molecule has 128 valence electrons. The normalized spacial score (nSPS) is 11.0. The Balaban J connectivity index is 1.96. The number of H-pyrrole nitrogens is 1. The lowest BCUT2D eigenvalue weighted by atomic mass is 10.2. The van der Waals surface area contributed by atoms with Gasteiger partial charge in [-0.2, -0.15) is 14.9 Å². The molecule has 0 saturated heterocycles. The highest BCUT2D eigenvalue weighted by Crippen LogP contribution is 2.27. The summed E-state index contributed by atoms with van der Waals surface area (Å²) in [6.45, 7) is 0. The number of hydrogen-bond acceptors (Lipinski definition) is 5. The monoisotopic (exact) mass is 358 g/mol. The van der Waals surface area contributed by atoms with Gasteiger partial charge in [-0.1, -0.05) is 0 Å². The molecule has 8 heteroatoms. The van der Waals surface area contributed by atoms with Crippen LogP contribution in [0.4, 0.5) is 4.39 Å². The molecule has 0 aliphatic carbocycles. The molecule has 0 saturated carbocycles. The first kappa shape index (κ1) is 16.8. The van der Waals surface area contributed by atoms with Crippen molar-refractivity contribution >= 4 is 18.4 Å². The van der Waals surface area contributed by atoms with Crippen LogP contribution in [0.5, 0.6) is 11.5 Å². The maximum atomic E-state index is 13.1. The Morgan fingerprint density at radius 3 is 2.52 bits per heavy atom. The van der Waals surface area contributed by atoms with Gasteiger partial charge in [-0.3, -0.25) is 0 Å². The first-order valence-corrected chi connectivity index (χ1v) is 7.73. The topological polar surface area (TPSA) is 64.4 Å². The number of nitrogens with one attached hydrogen (secondary N) is 1. The summed E-state index contributed by atoms with van der Waals surface area (Å²) in [5.41, 5.74) is 1.49. The lowest BCUT2D eigenvalue weighted by Gasteiger charge is -2.07. The van der Waals surface area contributed by atoms with Crippen molar-refractivity contribution in [2.75, 3.05) is 14.2 Å². The van der Waals surface area contributed by atoms with Crippen LogP contribution in [-0.4, -0.2) is 35.3 Å². The molecule has 0 amide bonds. The maximum Gasteiger partial charge on any atom is 0.216 e. The molecule has 0 atom stereocenters. The average Bonchev–Trinajstić information content (AvgIpc) is 3.01. The molecule has 0 radical (unpaired) electrons. The average molecular weight is 358 g/mol. The number of ether oxygens (including phenoxy) is 2. The highest BCUT2D eigenvalue weighted by Gasteiger charge is 2.08. The second-order valence-electron chi connectivity index (χ2n) is 5.03. The molecule has 3 rings (SSSR count). The smallest absolute Gasteiger partial charge is 0.216 e. The summed E-state index contributed by atoms with van der Waals surface area (Å²) in [5, 5.41) is 11.2. The summed E-state index contributed by atoms with van der Waals surface area (Å²) in [6, 6.07) is 11.4. The lowest BCUT2D eigenvalue weighted by molar-refractivity contribution is 0.355. The minimum atomic E-state index is -0.321. The van der Waals surface area contributed by atoms with E-state index in [1.165, 1.54) is 16.8 Å². The molecule has 2 aromatic carbocycles. The van der Waals surface area contributed by atoms with Crippen LogP contribution in [0, 0.1) is 10.6 Å². The van der Waals surface area contributed by atoms with Gasteiger partial charge in [0.1, 0.15) is 5.82 Å².